The van der Waals surface area contributed by atoms with Crippen molar-refractivity contribution in [2.45, 2.75) is 109 Å². The molecule has 4 rings (SSSR count). The van der Waals surface area contributed by atoms with E-state index in [1.807, 2.05) is 0 Å². The molecule has 0 bridgehead atoms. The molecule has 2 aliphatic rings. The third kappa shape index (κ3) is 5.78. The quantitative estimate of drug-likeness (QED) is 0.401. The van der Waals surface area contributed by atoms with Gasteiger partial charge in [0.25, 0.3) is 0 Å². The number of ether oxygens (including phenoxy) is 1. The molecule has 190 valence electrons. The van der Waals surface area contributed by atoms with Crippen molar-refractivity contribution in [3.63, 3.8) is 0 Å². The molecule has 6 heteroatoms. The second kappa shape index (κ2) is 9.46. The Hall–Kier alpha value is -1.44. The average Bonchev–Trinajstić information content (AvgIpc) is 2.96. The monoisotopic (exact) mass is 494 g/mol. The molecule has 0 unspecified atom stereocenters. The van der Waals surface area contributed by atoms with E-state index in [9.17, 15) is 0 Å². The van der Waals surface area contributed by atoms with E-state index in [2.05, 4.69) is 110 Å². The van der Waals surface area contributed by atoms with Gasteiger partial charge in [-0.15, -0.1) is 0 Å². The Balaban J connectivity index is 1.26. The van der Waals surface area contributed by atoms with E-state index in [0.29, 0.717) is 18.8 Å². The van der Waals surface area contributed by atoms with Gasteiger partial charge in [0.05, 0.1) is 23.9 Å². The Morgan fingerprint density at radius 3 is 1.80 bits per heavy atom. The molecule has 35 heavy (non-hydrogen) atoms. The van der Waals surface area contributed by atoms with Crippen molar-refractivity contribution >= 4 is 20.9 Å². The van der Waals surface area contributed by atoms with Gasteiger partial charge in [-0.05, 0) is 80.8 Å². The zero-order chi connectivity index (χ0) is 25.6. The summed E-state index contributed by atoms with van der Waals surface area (Å²) >= 11 is 0. The number of hydrogen-bond donors (Lipinski definition) is 0. The number of benzene rings is 2. The van der Waals surface area contributed by atoms with E-state index < -0.39 is 8.32 Å². The highest BCUT2D eigenvalue weighted by Crippen LogP contribution is 2.41. The maximum absolute atomic E-state index is 6.49. The molecule has 0 N–H and O–H groups in total. The maximum Gasteiger partial charge on any atom is 0.494 e. The van der Waals surface area contributed by atoms with Crippen LogP contribution in [0, 0.1) is 0 Å². The van der Waals surface area contributed by atoms with Crippen molar-refractivity contribution < 1.29 is 18.5 Å². The Kier molecular flexibility index (Phi) is 7.19. The van der Waals surface area contributed by atoms with Gasteiger partial charge >= 0.3 is 7.12 Å². The van der Waals surface area contributed by atoms with Crippen LogP contribution in [0.15, 0.2) is 48.5 Å². The lowest BCUT2D eigenvalue weighted by Crippen LogP contribution is -2.49. The number of rotatable bonds is 7. The molecule has 0 amide bonds. The summed E-state index contributed by atoms with van der Waals surface area (Å²) in [5.74, 6) is 0. The fraction of sp³-hybridized carbons (Fsp3) is 0.586. The van der Waals surface area contributed by atoms with Crippen molar-refractivity contribution in [2.24, 2.45) is 0 Å². The van der Waals surface area contributed by atoms with E-state index in [4.69, 9.17) is 18.5 Å². The summed E-state index contributed by atoms with van der Waals surface area (Å²) in [6.07, 6.45) is 2.70. The van der Waals surface area contributed by atoms with E-state index >= 15 is 0 Å². The van der Waals surface area contributed by atoms with Crippen LogP contribution in [-0.4, -0.2) is 38.8 Å². The van der Waals surface area contributed by atoms with Gasteiger partial charge in [-0.25, -0.2) is 0 Å². The van der Waals surface area contributed by atoms with Crippen LogP contribution in [0.4, 0.5) is 0 Å². The summed E-state index contributed by atoms with van der Waals surface area (Å²) in [6, 6.07) is 17.2. The second-order valence-corrected chi connectivity index (χ2v) is 17.6. The molecule has 1 saturated carbocycles. The zero-order valence-electron chi connectivity index (χ0n) is 23.1. The van der Waals surface area contributed by atoms with E-state index in [1.54, 1.807) is 0 Å². The van der Waals surface area contributed by atoms with Crippen LogP contribution in [0.3, 0.4) is 0 Å². The van der Waals surface area contributed by atoms with Crippen molar-refractivity contribution in [1.82, 2.24) is 0 Å². The minimum atomic E-state index is -1.69. The van der Waals surface area contributed by atoms with Crippen LogP contribution >= 0.6 is 0 Å². The minimum absolute atomic E-state index is 0.257. The molecule has 2 fully saturated rings. The van der Waals surface area contributed by atoms with Gasteiger partial charge in [0.2, 0.25) is 0 Å². The highest BCUT2D eigenvalue weighted by molar-refractivity contribution is 6.74. The fourth-order valence-electron chi connectivity index (χ4n) is 4.16. The SMILES string of the molecule is CC1(C)OB(c2ccc(-c3ccc(COC4CC(O[Si](C)(C)C(C)(C)C)C4)cc3)cc2)OC1(C)C. The first-order chi connectivity index (χ1) is 16.2. The summed E-state index contributed by atoms with van der Waals surface area (Å²) in [7, 11) is -2.01. The predicted octanol–water partition coefficient (Wildman–Crippen LogP) is 6.72. The Morgan fingerprint density at radius 1 is 0.829 bits per heavy atom. The molecule has 1 heterocycles. The van der Waals surface area contributed by atoms with Gasteiger partial charge in [-0.2, -0.15) is 0 Å². The summed E-state index contributed by atoms with van der Waals surface area (Å²) in [5, 5.41) is 0.257. The van der Waals surface area contributed by atoms with E-state index in [0.717, 1.165) is 18.3 Å². The van der Waals surface area contributed by atoms with Gasteiger partial charge in [-0.3, -0.25) is 0 Å². The van der Waals surface area contributed by atoms with Crippen LogP contribution in [0.5, 0.6) is 0 Å². The highest BCUT2D eigenvalue weighted by Gasteiger charge is 2.51. The lowest BCUT2D eigenvalue weighted by Gasteiger charge is -2.44. The highest BCUT2D eigenvalue weighted by atomic mass is 28.4. The maximum atomic E-state index is 6.49. The van der Waals surface area contributed by atoms with Crippen LogP contribution < -0.4 is 5.46 Å². The topological polar surface area (TPSA) is 36.9 Å². The van der Waals surface area contributed by atoms with Crippen molar-refractivity contribution in [2.75, 3.05) is 0 Å². The Labute approximate surface area is 214 Å². The lowest BCUT2D eigenvalue weighted by atomic mass is 9.78. The first-order valence-electron chi connectivity index (χ1n) is 13.0. The second-order valence-electron chi connectivity index (χ2n) is 12.8. The Bertz CT molecular complexity index is 986. The largest absolute Gasteiger partial charge is 0.494 e. The molecule has 0 aromatic heterocycles. The normalized spacial score (nSPS) is 23.9. The molecule has 2 aromatic rings. The van der Waals surface area contributed by atoms with E-state index in [-0.39, 0.29) is 23.4 Å². The van der Waals surface area contributed by atoms with Crippen LogP contribution in [-0.2, 0) is 25.1 Å². The predicted molar refractivity (Wildman–Crippen MR) is 147 cm³/mol. The molecule has 1 aliphatic heterocycles. The third-order valence-electron chi connectivity index (χ3n) is 8.53. The molecule has 0 atom stereocenters. The standard InChI is InChI=1S/C29H43BO4Si/c1-27(2,3)35(8,9)32-26-18-25(19-26)31-20-21-10-12-22(13-11-21)23-14-16-24(17-15-23)30-33-28(4,5)29(6,7)34-30/h10-17,25-26H,18-20H2,1-9H3. The summed E-state index contributed by atoms with van der Waals surface area (Å²) < 4.78 is 25.0. The zero-order valence-corrected chi connectivity index (χ0v) is 24.1. The Morgan fingerprint density at radius 2 is 1.31 bits per heavy atom. The van der Waals surface area contributed by atoms with Gasteiger partial charge < -0.3 is 18.5 Å². The van der Waals surface area contributed by atoms with Crippen LogP contribution in [0.25, 0.3) is 11.1 Å². The van der Waals surface area contributed by atoms with Gasteiger partial charge in [0.1, 0.15) is 0 Å². The summed E-state index contributed by atoms with van der Waals surface area (Å²) in [4.78, 5) is 0. The van der Waals surface area contributed by atoms with Crippen LogP contribution in [0.1, 0.15) is 66.9 Å². The molecule has 0 spiro atoms. The average molecular weight is 495 g/mol. The van der Waals surface area contributed by atoms with Crippen molar-refractivity contribution in [3.8, 4) is 11.1 Å². The van der Waals surface area contributed by atoms with Gasteiger partial charge in [0.15, 0.2) is 8.32 Å². The number of hydrogen-bond acceptors (Lipinski definition) is 4. The van der Waals surface area contributed by atoms with Crippen LogP contribution in [0.2, 0.25) is 18.1 Å². The fourth-order valence-corrected chi connectivity index (χ4v) is 5.54. The molecule has 4 nitrogen and oxygen atoms in total. The first-order valence-corrected chi connectivity index (χ1v) is 15.9. The van der Waals surface area contributed by atoms with Gasteiger partial charge in [-0.1, -0.05) is 69.3 Å². The summed E-state index contributed by atoms with van der Waals surface area (Å²) in [6.45, 7) is 20.5. The summed E-state index contributed by atoms with van der Waals surface area (Å²) in [5.41, 5.74) is 3.98. The molecule has 2 aromatic carbocycles. The lowest BCUT2D eigenvalue weighted by molar-refractivity contribution is -0.0726. The molecular formula is C29H43BO4Si. The molecule has 0 radical (unpaired) electrons. The molecular weight excluding hydrogens is 451 g/mol. The first kappa shape index (κ1) is 26.6. The van der Waals surface area contributed by atoms with Crippen molar-refractivity contribution in [1.29, 1.82) is 0 Å². The smallest absolute Gasteiger partial charge is 0.414 e. The molecule has 1 aliphatic carbocycles. The van der Waals surface area contributed by atoms with Crippen molar-refractivity contribution in [3.05, 3.63) is 54.1 Å². The third-order valence-corrected chi connectivity index (χ3v) is 13.1. The van der Waals surface area contributed by atoms with E-state index in [1.165, 1.54) is 16.7 Å². The molecule has 1 saturated heterocycles. The minimum Gasteiger partial charge on any atom is -0.414 e. The van der Waals surface area contributed by atoms with Gasteiger partial charge in [0, 0.05) is 6.10 Å².